The van der Waals surface area contributed by atoms with Crippen molar-refractivity contribution in [3.63, 3.8) is 0 Å². The minimum absolute atomic E-state index is 0.0128. The lowest BCUT2D eigenvalue weighted by atomic mass is 9.68. The first-order valence-corrected chi connectivity index (χ1v) is 21.3. The maximum atomic E-state index is 14.8. The van der Waals surface area contributed by atoms with Crippen LogP contribution in [0.25, 0.3) is 0 Å². The van der Waals surface area contributed by atoms with E-state index in [-0.39, 0.29) is 51.1 Å². The average molecular weight is 850 g/mol. The summed E-state index contributed by atoms with van der Waals surface area (Å²) < 4.78 is 82.3. The number of benzene rings is 4. The lowest BCUT2D eigenvalue weighted by molar-refractivity contribution is 0.0737. The topological polar surface area (TPSA) is 147 Å². The second-order valence-corrected chi connectivity index (χ2v) is 20.0. The van der Waals surface area contributed by atoms with Gasteiger partial charge in [0.15, 0.2) is 0 Å². The highest BCUT2D eigenvalue weighted by Crippen LogP contribution is 2.62. The molecule has 0 aliphatic heterocycles. The molecule has 0 aromatic heterocycles. The molecule has 300 valence electrons. The van der Waals surface area contributed by atoms with Gasteiger partial charge in [0.05, 0.1) is 21.2 Å². The van der Waals surface area contributed by atoms with Crippen LogP contribution in [0.5, 0.6) is 0 Å². The van der Waals surface area contributed by atoms with E-state index in [1.54, 1.807) is 54.6 Å². The third-order valence-corrected chi connectivity index (χ3v) is 15.2. The van der Waals surface area contributed by atoms with Crippen molar-refractivity contribution in [1.29, 1.82) is 0 Å². The minimum Gasteiger partial charge on any atom is -0.366 e. The van der Waals surface area contributed by atoms with Gasteiger partial charge in [-0.2, -0.15) is 8.61 Å². The molecule has 2 aliphatic carbocycles. The summed E-state index contributed by atoms with van der Waals surface area (Å²) in [5.74, 6) is -2.91. The van der Waals surface area contributed by atoms with Gasteiger partial charge in [-0.1, -0.05) is 105 Å². The van der Waals surface area contributed by atoms with Gasteiger partial charge in [-0.15, -0.1) is 0 Å². The molecule has 16 heteroatoms. The van der Waals surface area contributed by atoms with Gasteiger partial charge in [-0.05, 0) is 71.4 Å². The number of carbonyl (C=O) groups is 2. The van der Waals surface area contributed by atoms with Crippen LogP contribution in [0.2, 0.25) is 10.0 Å². The van der Waals surface area contributed by atoms with Crippen LogP contribution in [0.3, 0.4) is 0 Å². The monoisotopic (exact) mass is 848 g/mol. The van der Waals surface area contributed by atoms with Crippen LogP contribution in [0.4, 0.5) is 8.78 Å². The van der Waals surface area contributed by atoms with Crippen molar-refractivity contribution < 1.29 is 35.2 Å². The fourth-order valence-electron chi connectivity index (χ4n) is 7.87. The molecule has 6 rings (SSSR count). The molecule has 4 aromatic rings. The molecule has 3 N–H and O–H groups in total. The van der Waals surface area contributed by atoms with E-state index in [1.165, 1.54) is 14.1 Å². The quantitative estimate of drug-likeness (QED) is 0.159. The SMILES string of the molecule is CN(Cc1ccccc1)S(=O)(=O)c1cc(C(=O)N[C@H]2C(C)(C)[C@@H]3CC[C@]2(C)C3)c(Cl)cc1F.CN(Cc1ccccc1)S(=O)(=O)c1cc(C(N)=O)c(Cl)cc1F. The molecule has 3 atom stereocenters. The van der Waals surface area contributed by atoms with Gasteiger partial charge < -0.3 is 11.1 Å². The molecule has 2 fully saturated rings. The Morgan fingerprint density at radius 3 is 1.61 bits per heavy atom. The molecule has 2 saturated carbocycles. The second-order valence-electron chi connectivity index (χ2n) is 15.2. The Labute approximate surface area is 337 Å². The Balaban J connectivity index is 0.000000229. The lowest BCUT2D eigenvalue weighted by Gasteiger charge is -2.43. The molecule has 10 nitrogen and oxygen atoms in total. The highest BCUT2D eigenvalue weighted by atomic mass is 35.5. The van der Waals surface area contributed by atoms with Crippen molar-refractivity contribution in [1.82, 2.24) is 13.9 Å². The zero-order chi connectivity index (χ0) is 41.4. The van der Waals surface area contributed by atoms with Gasteiger partial charge in [0.1, 0.15) is 21.4 Å². The van der Waals surface area contributed by atoms with Gasteiger partial charge >= 0.3 is 0 Å². The predicted octanol–water partition coefficient (Wildman–Crippen LogP) is 7.64. The van der Waals surface area contributed by atoms with Gasteiger partial charge in [0.2, 0.25) is 26.0 Å². The van der Waals surface area contributed by atoms with E-state index in [2.05, 4.69) is 26.1 Å². The van der Waals surface area contributed by atoms with Crippen molar-refractivity contribution in [3.05, 3.63) is 129 Å². The first-order chi connectivity index (χ1) is 26.1. The molecule has 2 bridgehead atoms. The number of sulfonamides is 2. The van der Waals surface area contributed by atoms with E-state index in [1.807, 2.05) is 6.07 Å². The van der Waals surface area contributed by atoms with E-state index in [0.717, 1.165) is 63.3 Å². The molecule has 0 saturated heterocycles. The normalized spacial score (nSPS) is 20.1. The van der Waals surface area contributed by atoms with Crippen LogP contribution < -0.4 is 11.1 Å². The number of nitrogens with zero attached hydrogens (tertiary/aromatic N) is 2. The smallest absolute Gasteiger partial charge is 0.253 e. The summed E-state index contributed by atoms with van der Waals surface area (Å²) in [5.41, 5.74) is 6.25. The fourth-order valence-corrected chi connectivity index (χ4v) is 10.8. The highest BCUT2D eigenvalue weighted by Gasteiger charge is 2.59. The molecule has 0 unspecified atom stereocenters. The number of fused-ring (bicyclic) bond motifs is 2. The summed E-state index contributed by atoms with van der Waals surface area (Å²) in [6.07, 6.45) is 3.22. The number of hydrogen-bond donors (Lipinski definition) is 2. The number of amides is 2. The molecular formula is C40H44Cl2F2N4O6S2. The Hall–Kier alpha value is -3.92. The van der Waals surface area contributed by atoms with Crippen LogP contribution in [-0.2, 0) is 33.1 Å². The van der Waals surface area contributed by atoms with E-state index in [4.69, 9.17) is 28.9 Å². The first kappa shape index (κ1) is 43.2. The largest absolute Gasteiger partial charge is 0.366 e. The zero-order valence-corrected chi connectivity index (χ0v) is 34.7. The van der Waals surface area contributed by atoms with Crippen LogP contribution in [0.15, 0.2) is 94.7 Å². The van der Waals surface area contributed by atoms with Gasteiger partial charge in [0, 0.05) is 33.2 Å². The second kappa shape index (κ2) is 16.5. The summed E-state index contributed by atoms with van der Waals surface area (Å²) in [6, 6.07) is 21.4. The van der Waals surface area contributed by atoms with Gasteiger partial charge in [0.25, 0.3) is 5.91 Å². The van der Waals surface area contributed by atoms with Crippen molar-refractivity contribution >= 4 is 55.1 Å². The number of nitrogens with one attached hydrogen (secondary N) is 1. The molecule has 2 amide bonds. The summed E-state index contributed by atoms with van der Waals surface area (Å²) in [4.78, 5) is 23.3. The third-order valence-electron chi connectivity index (χ3n) is 11.0. The van der Waals surface area contributed by atoms with Crippen molar-refractivity contribution in [2.75, 3.05) is 14.1 Å². The lowest BCUT2D eigenvalue weighted by Crippen LogP contribution is -2.52. The summed E-state index contributed by atoms with van der Waals surface area (Å²) in [5, 5.41) is 2.76. The average Bonchev–Trinajstić information content (AvgIpc) is 3.61. The number of carbonyl (C=O) groups excluding carboxylic acids is 2. The van der Waals surface area contributed by atoms with Gasteiger partial charge in [-0.3, -0.25) is 9.59 Å². The number of halogens is 4. The standard InChI is InChI=1S/C25H30ClFN2O3S.C15H14ClFN2O3S/c1-24(2)17-10-11-25(3,14-17)23(24)28-22(30)18-12-21(20(27)13-19(18)26)33(31,32)29(4)15-16-8-6-5-7-9-16;1-19(9-10-5-3-2-4-6-10)23(21,22)14-7-11(15(18)20)12(16)8-13(14)17/h5-9,12-13,17,23H,10-11,14-15H2,1-4H3,(H,28,30);2-8H,9H2,1H3,(H2,18,20)/t17-,23+,25-;/m1./s1. The molecular weight excluding hydrogens is 805 g/mol. The summed E-state index contributed by atoms with van der Waals surface area (Å²) in [7, 11) is -5.64. The molecule has 4 aromatic carbocycles. The molecule has 0 spiro atoms. The fraction of sp³-hybridized carbons (Fsp3) is 0.350. The van der Waals surface area contributed by atoms with E-state index in [9.17, 15) is 35.2 Å². The Bertz CT molecular complexity index is 2350. The zero-order valence-electron chi connectivity index (χ0n) is 31.5. The van der Waals surface area contributed by atoms with Crippen molar-refractivity contribution in [2.24, 2.45) is 22.5 Å². The highest BCUT2D eigenvalue weighted by molar-refractivity contribution is 7.89. The Morgan fingerprint density at radius 2 is 1.20 bits per heavy atom. The van der Waals surface area contributed by atoms with E-state index >= 15 is 0 Å². The minimum atomic E-state index is -4.19. The predicted molar refractivity (Wildman–Crippen MR) is 212 cm³/mol. The van der Waals surface area contributed by atoms with Crippen molar-refractivity contribution in [2.45, 2.75) is 69.0 Å². The number of nitrogens with two attached hydrogens (primary N) is 1. The van der Waals surface area contributed by atoms with Gasteiger partial charge in [-0.25, -0.2) is 25.6 Å². The number of hydrogen-bond acceptors (Lipinski definition) is 6. The Kier molecular flexibility index (Phi) is 12.7. The maximum Gasteiger partial charge on any atom is 0.253 e. The maximum absolute atomic E-state index is 14.8. The van der Waals surface area contributed by atoms with E-state index in [0.29, 0.717) is 5.92 Å². The van der Waals surface area contributed by atoms with Crippen LogP contribution >= 0.6 is 23.2 Å². The van der Waals surface area contributed by atoms with E-state index < -0.39 is 53.3 Å². The number of rotatable bonds is 11. The van der Waals surface area contributed by atoms with Crippen LogP contribution in [0, 0.1) is 28.4 Å². The molecule has 2 aliphatic rings. The number of primary amides is 1. The summed E-state index contributed by atoms with van der Waals surface area (Å²) >= 11 is 11.9. The molecule has 56 heavy (non-hydrogen) atoms. The molecule has 0 heterocycles. The molecule has 0 radical (unpaired) electrons. The first-order valence-electron chi connectivity index (χ1n) is 17.7. The third kappa shape index (κ3) is 8.80. The Morgan fingerprint density at radius 1 is 0.768 bits per heavy atom. The van der Waals surface area contributed by atoms with Crippen molar-refractivity contribution in [3.8, 4) is 0 Å². The van der Waals surface area contributed by atoms with Crippen LogP contribution in [-0.4, -0.2) is 57.4 Å². The summed E-state index contributed by atoms with van der Waals surface area (Å²) in [6.45, 7) is 6.63. The van der Waals surface area contributed by atoms with Crippen LogP contribution in [0.1, 0.15) is 71.9 Å².